The molecule has 0 unspecified atom stereocenters. The molecule has 1 saturated heterocycles. The summed E-state index contributed by atoms with van der Waals surface area (Å²) in [6, 6.07) is 1.86. The van der Waals surface area contributed by atoms with Gasteiger partial charge in [0, 0.05) is 55.5 Å². The number of likely N-dealkylation sites (tertiary alicyclic amines) is 1. The van der Waals surface area contributed by atoms with Crippen LogP contribution < -0.4 is 5.32 Å². The number of carbonyl (C=O) groups is 2. The Morgan fingerprint density at radius 2 is 2.00 bits per heavy atom. The molecule has 3 aliphatic rings. The Kier molecular flexibility index (Phi) is 5.08. The zero-order valence-electron chi connectivity index (χ0n) is 18.9. The molecule has 170 valence electrons. The van der Waals surface area contributed by atoms with E-state index >= 15 is 0 Å². The number of anilines is 1. The van der Waals surface area contributed by atoms with Crippen molar-refractivity contribution in [3.63, 3.8) is 0 Å². The van der Waals surface area contributed by atoms with E-state index in [4.69, 9.17) is 11.6 Å². The van der Waals surface area contributed by atoms with Crippen LogP contribution in [-0.4, -0.2) is 44.6 Å². The molecule has 2 atom stereocenters. The fourth-order valence-electron chi connectivity index (χ4n) is 5.82. The topological polar surface area (TPSA) is 80.1 Å². The summed E-state index contributed by atoms with van der Waals surface area (Å²) in [4.78, 5) is 31.0. The van der Waals surface area contributed by atoms with Gasteiger partial charge in [-0.05, 0) is 49.0 Å². The Balaban J connectivity index is 1.31. The average molecular weight is 456 g/mol. The van der Waals surface area contributed by atoms with E-state index in [0.717, 1.165) is 62.9 Å². The normalized spacial score (nSPS) is 26.0. The van der Waals surface area contributed by atoms with Crippen molar-refractivity contribution in [2.75, 3.05) is 18.4 Å². The lowest BCUT2D eigenvalue weighted by atomic mass is 9.84. The SMILES string of the molecule is CC(=O)N1CC[C@]2(CC[C@H](C(=O)Nc3cc(-c4cnn5c4CC(C)(C)C5)c(Cl)cn3)C2)C1. The molecule has 1 aliphatic carbocycles. The second kappa shape index (κ2) is 7.58. The quantitative estimate of drug-likeness (QED) is 0.753. The zero-order chi connectivity index (χ0) is 22.7. The smallest absolute Gasteiger partial charge is 0.228 e. The zero-order valence-corrected chi connectivity index (χ0v) is 19.7. The van der Waals surface area contributed by atoms with E-state index in [1.807, 2.05) is 21.8 Å². The molecule has 8 heteroatoms. The van der Waals surface area contributed by atoms with Crippen LogP contribution in [-0.2, 0) is 22.6 Å². The number of rotatable bonds is 3. The molecule has 2 fully saturated rings. The second-order valence-corrected chi connectivity index (χ2v) is 11.1. The number of fused-ring (bicyclic) bond motifs is 1. The number of hydrogen-bond donors (Lipinski definition) is 1. The summed E-state index contributed by atoms with van der Waals surface area (Å²) in [7, 11) is 0. The van der Waals surface area contributed by atoms with Crippen molar-refractivity contribution in [2.45, 2.75) is 59.4 Å². The van der Waals surface area contributed by atoms with E-state index in [2.05, 4.69) is 29.2 Å². The van der Waals surface area contributed by atoms with Crippen LogP contribution in [0.1, 0.15) is 52.1 Å². The van der Waals surface area contributed by atoms with E-state index < -0.39 is 0 Å². The lowest BCUT2D eigenvalue weighted by molar-refractivity contribution is -0.128. The third-order valence-electron chi connectivity index (χ3n) is 7.53. The Morgan fingerprint density at radius 1 is 1.19 bits per heavy atom. The summed E-state index contributed by atoms with van der Waals surface area (Å²) < 4.78 is 2.05. The van der Waals surface area contributed by atoms with Crippen molar-refractivity contribution < 1.29 is 9.59 Å². The molecule has 2 amide bonds. The van der Waals surface area contributed by atoms with Crippen LogP contribution in [0.3, 0.4) is 0 Å². The van der Waals surface area contributed by atoms with Gasteiger partial charge in [0.25, 0.3) is 0 Å². The minimum Gasteiger partial charge on any atom is -0.342 e. The third kappa shape index (κ3) is 3.81. The maximum atomic E-state index is 13.0. The van der Waals surface area contributed by atoms with E-state index in [1.165, 1.54) is 5.69 Å². The van der Waals surface area contributed by atoms with E-state index in [9.17, 15) is 9.59 Å². The van der Waals surface area contributed by atoms with Gasteiger partial charge in [0.05, 0.1) is 11.2 Å². The van der Waals surface area contributed by atoms with Crippen molar-refractivity contribution in [2.24, 2.45) is 16.7 Å². The van der Waals surface area contributed by atoms with Crippen molar-refractivity contribution in [1.82, 2.24) is 19.7 Å². The first-order chi connectivity index (χ1) is 15.1. The number of aromatic nitrogens is 3. The van der Waals surface area contributed by atoms with Crippen molar-refractivity contribution in [3.8, 4) is 11.1 Å². The van der Waals surface area contributed by atoms with Crippen molar-refractivity contribution in [1.29, 1.82) is 0 Å². The van der Waals surface area contributed by atoms with Gasteiger partial charge in [0.2, 0.25) is 11.8 Å². The Morgan fingerprint density at radius 3 is 2.75 bits per heavy atom. The monoisotopic (exact) mass is 455 g/mol. The van der Waals surface area contributed by atoms with Crippen molar-refractivity contribution in [3.05, 3.63) is 29.2 Å². The Hall–Kier alpha value is -2.41. The lowest BCUT2D eigenvalue weighted by Gasteiger charge is -2.23. The molecule has 32 heavy (non-hydrogen) atoms. The molecular formula is C24H30ClN5O2. The molecule has 2 aromatic heterocycles. The number of pyridine rings is 1. The molecule has 0 radical (unpaired) electrons. The first-order valence-corrected chi connectivity index (χ1v) is 11.8. The molecule has 2 aromatic rings. The number of carbonyl (C=O) groups excluding carboxylic acids is 2. The van der Waals surface area contributed by atoms with Crippen LogP contribution in [0.2, 0.25) is 5.02 Å². The van der Waals surface area contributed by atoms with Gasteiger partial charge in [-0.15, -0.1) is 0 Å². The number of hydrogen-bond acceptors (Lipinski definition) is 4. The van der Waals surface area contributed by atoms with E-state index in [0.29, 0.717) is 10.8 Å². The predicted octanol–water partition coefficient (Wildman–Crippen LogP) is 4.16. The van der Waals surface area contributed by atoms with Gasteiger partial charge in [-0.25, -0.2) is 4.98 Å². The maximum Gasteiger partial charge on any atom is 0.228 e. The van der Waals surface area contributed by atoms with Crippen molar-refractivity contribution >= 4 is 29.2 Å². The Bertz CT molecular complexity index is 1090. The molecule has 0 bridgehead atoms. The number of nitrogens with one attached hydrogen (secondary N) is 1. The van der Waals surface area contributed by atoms with Gasteiger partial charge in [-0.1, -0.05) is 25.4 Å². The van der Waals surface area contributed by atoms with Crippen LogP contribution in [0.25, 0.3) is 11.1 Å². The van der Waals surface area contributed by atoms with Crippen LogP contribution in [0.4, 0.5) is 5.82 Å². The summed E-state index contributed by atoms with van der Waals surface area (Å²) in [6.45, 7) is 8.56. The molecule has 7 nitrogen and oxygen atoms in total. The van der Waals surface area contributed by atoms with Gasteiger partial charge < -0.3 is 10.2 Å². The highest BCUT2D eigenvalue weighted by Gasteiger charge is 2.46. The van der Waals surface area contributed by atoms with Gasteiger partial charge in [-0.2, -0.15) is 5.10 Å². The second-order valence-electron chi connectivity index (χ2n) is 10.7. The molecule has 1 spiro atoms. The van der Waals surface area contributed by atoms with Crippen LogP contribution in [0.15, 0.2) is 18.5 Å². The number of nitrogens with zero attached hydrogens (tertiary/aromatic N) is 4. The highest BCUT2D eigenvalue weighted by molar-refractivity contribution is 6.33. The van der Waals surface area contributed by atoms with Gasteiger partial charge in [-0.3, -0.25) is 14.3 Å². The molecule has 4 heterocycles. The average Bonchev–Trinajstić information content (AvgIpc) is 3.48. The largest absolute Gasteiger partial charge is 0.342 e. The fraction of sp³-hybridized carbons (Fsp3) is 0.583. The number of amides is 2. The molecule has 0 aromatic carbocycles. The fourth-order valence-corrected chi connectivity index (χ4v) is 6.03. The first-order valence-electron chi connectivity index (χ1n) is 11.4. The highest BCUT2D eigenvalue weighted by atomic mass is 35.5. The summed E-state index contributed by atoms with van der Waals surface area (Å²) in [5, 5.41) is 8.12. The third-order valence-corrected chi connectivity index (χ3v) is 7.83. The summed E-state index contributed by atoms with van der Waals surface area (Å²) >= 11 is 6.50. The molecule has 1 N–H and O–H groups in total. The molecule has 1 saturated carbocycles. The van der Waals surface area contributed by atoms with Crippen LogP contribution in [0.5, 0.6) is 0 Å². The molecule has 5 rings (SSSR count). The maximum absolute atomic E-state index is 13.0. The standard InChI is InChI=1S/C24H30ClN5O2/c1-15(31)29-7-6-24(14-29)5-4-16(9-24)22(32)28-21-8-17(19(25)12-26-21)18-11-27-30-13-23(2,3)10-20(18)30/h8,11-12,16H,4-7,9-10,13-14H2,1-3H3,(H,26,28,32)/t16-,24-/m0/s1. The Labute approximate surface area is 193 Å². The van der Waals surface area contributed by atoms with E-state index in [-0.39, 0.29) is 28.6 Å². The highest BCUT2D eigenvalue weighted by Crippen LogP contribution is 2.48. The first kappa shape index (κ1) is 21.4. The summed E-state index contributed by atoms with van der Waals surface area (Å²) in [5.74, 6) is 0.598. The lowest BCUT2D eigenvalue weighted by Crippen LogP contribution is -2.30. The number of halogens is 1. The minimum absolute atomic E-state index is 0.00490. The van der Waals surface area contributed by atoms with Crippen LogP contribution in [0, 0.1) is 16.7 Å². The van der Waals surface area contributed by atoms with E-state index in [1.54, 1.807) is 13.1 Å². The summed E-state index contributed by atoms with van der Waals surface area (Å²) in [5.41, 5.74) is 3.30. The van der Waals surface area contributed by atoms with Gasteiger partial charge >= 0.3 is 0 Å². The van der Waals surface area contributed by atoms with Gasteiger partial charge in [0.15, 0.2) is 0 Å². The molecule has 2 aliphatic heterocycles. The summed E-state index contributed by atoms with van der Waals surface area (Å²) in [6.07, 6.45) is 8.06. The van der Waals surface area contributed by atoms with Crippen LogP contribution >= 0.6 is 11.6 Å². The minimum atomic E-state index is -0.0518. The predicted molar refractivity (Wildman–Crippen MR) is 123 cm³/mol. The molecular weight excluding hydrogens is 426 g/mol. The van der Waals surface area contributed by atoms with Gasteiger partial charge in [0.1, 0.15) is 5.82 Å².